The Balaban J connectivity index is 2.18. The van der Waals surface area contributed by atoms with Gasteiger partial charge in [-0.15, -0.1) is 0 Å². The van der Waals surface area contributed by atoms with Crippen molar-refractivity contribution in [3.63, 3.8) is 0 Å². The Labute approximate surface area is 112 Å². The zero-order chi connectivity index (χ0) is 12.1. The van der Waals surface area contributed by atoms with E-state index in [4.69, 9.17) is 9.47 Å². The molecule has 0 amide bonds. The fourth-order valence-corrected chi connectivity index (χ4v) is 4.08. The topological polar surface area (TPSA) is 18.5 Å². The summed E-state index contributed by atoms with van der Waals surface area (Å²) in [6.07, 6.45) is 0. The quantitative estimate of drug-likeness (QED) is 0.782. The summed E-state index contributed by atoms with van der Waals surface area (Å²) in [5.74, 6) is 1.85. The standard InChI is InChI=1S/C14H14O2Te/c1-15-11-5-3-7-13(9-11)17-14-8-4-6-12(10-14)16-2/h3-10H,1-2H3. The first-order chi connectivity index (χ1) is 8.31. The maximum atomic E-state index is 5.23. The van der Waals surface area contributed by atoms with E-state index in [1.807, 2.05) is 24.3 Å². The molecule has 2 rings (SSSR count). The SMILES string of the molecule is COc1cccc([Te]c2cccc(OC)c2)c1. The fraction of sp³-hybridized carbons (Fsp3) is 0.143. The Hall–Kier alpha value is -1.17. The van der Waals surface area contributed by atoms with E-state index in [2.05, 4.69) is 24.3 Å². The van der Waals surface area contributed by atoms with Gasteiger partial charge in [-0.1, -0.05) is 0 Å². The first-order valence-corrected chi connectivity index (χ1v) is 7.61. The van der Waals surface area contributed by atoms with Gasteiger partial charge in [0, 0.05) is 0 Å². The summed E-state index contributed by atoms with van der Waals surface area (Å²) in [5.41, 5.74) is 0. The Morgan fingerprint density at radius 3 is 1.65 bits per heavy atom. The Kier molecular flexibility index (Phi) is 4.30. The number of hydrogen-bond donors (Lipinski definition) is 0. The van der Waals surface area contributed by atoms with E-state index in [0.29, 0.717) is 0 Å². The average molecular weight is 342 g/mol. The average Bonchev–Trinajstić information content (AvgIpc) is 2.39. The predicted octanol–water partition coefficient (Wildman–Crippen LogP) is 1.36. The van der Waals surface area contributed by atoms with Gasteiger partial charge < -0.3 is 0 Å². The molecular formula is C14H14O2Te. The maximum absolute atomic E-state index is 5.23. The van der Waals surface area contributed by atoms with Crippen molar-refractivity contribution in [2.45, 2.75) is 0 Å². The van der Waals surface area contributed by atoms with E-state index in [1.165, 1.54) is 7.22 Å². The zero-order valence-corrected chi connectivity index (χ0v) is 12.2. The molecule has 0 bridgehead atoms. The molecule has 0 aliphatic heterocycles. The monoisotopic (exact) mass is 344 g/mol. The summed E-state index contributed by atoms with van der Waals surface area (Å²) in [7, 11) is 3.40. The second kappa shape index (κ2) is 5.95. The predicted molar refractivity (Wildman–Crippen MR) is 71.0 cm³/mol. The first-order valence-electron chi connectivity index (χ1n) is 5.28. The van der Waals surface area contributed by atoms with Gasteiger partial charge in [0.25, 0.3) is 0 Å². The molecule has 0 aromatic heterocycles. The van der Waals surface area contributed by atoms with E-state index in [1.54, 1.807) is 14.2 Å². The van der Waals surface area contributed by atoms with E-state index < -0.39 is 0 Å². The van der Waals surface area contributed by atoms with Crippen molar-refractivity contribution in [3.8, 4) is 11.5 Å². The van der Waals surface area contributed by atoms with Gasteiger partial charge in [-0.3, -0.25) is 0 Å². The summed E-state index contributed by atoms with van der Waals surface area (Å²) in [6, 6.07) is 16.6. The molecule has 3 heteroatoms. The molecule has 0 heterocycles. The fourth-order valence-electron chi connectivity index (χ4n) is 1.47. The van der Waals surface area contributed by atoms with Crippen LogP contribution < -0.4 is 16.7 Å². The Bertz CT molecular complexity index is 452. The summed E-state index contributed by atoms with van der Waals surface area (Å²) < 4.78 is 13.2. The molecule has 0 atom stereocenters. The van der Waals surface area contributed by atoms with Crippen molar-refractivity contribution in [3.05, 3.63) is 48.5 Å². The molecule has 0 fully saturated rings. The van der Waals surface area contributed by atoms with Crippen molar-refractivity contribution in [2.75, 3.05) is 14.2 Å². The van der Waals surface area contributed by atoms with Gasteiger partial charge >= 0.3 is 112 Å². The van der Waals surface area contributed by atoms with Crippen molar-refractivity contribution in [2.24, 2.45) is 0 Å². The molecule has 0 N–H and O–H groups in total. The molecule has 2 aromatic rings. The normalized spacial score (nSPS) is 10.0. The van der Waals surface area contributed by atoms with Crippen molar-refractivity contribution in [1.29, 1.82) is 0 Å². The molecule has 2 aromatic carbocycles. The zero-order valence-electron chi connectivity index (χ0n) is 9.84. The molecule has 0 saturated heterocycles. The second-order valence-electron chi connectivity index (χ2n) is 3.46. The number of hydrogen-bond acceptors (Lipinski definition) is 2. The van der Waals surface area contributed by atoms with Crippen LogP contribution in [0.25, 0.3) is 0 Å². The van der Waals surface area contributed by atoms with Gasteiger partial charge in [0.1, 0.15) is 0 Å². The van der Waals surface area contributed by atoms with Crippen LogP contribution in [0.3, 0.4) is 0 Å². The minimum atomic E-state index is -0.370. The molecule has 0 spiro atoms. The molecule has 0 radical (unpaired) electrons. The first kappa shape index (κ1) is 12.3. The number of methoxy groups -OCH3 is 2. The molecule has 0 saturated carbocycles. The molecule has 17 heavy (non-hydrogen) atoms. The molecule has 0 unspecified atom stereocenters. The second-order valence-corrected chi connectivity index (χ2v) is 6.73. The minimum absolute atomic E-state index is 0.370. The molecule has 88 valence electrons. The van der Waals surface area contributed by atoms with E-state index >= 15 is 0 Å². The number of benzene rings is 2. The van der Waals surface area contributed by atoms with Gasteiger partial charge in [0.05, 0.1) is 0 Å². The molecule has 2 nitrogen and oxygen atoms in total. The van der Waals surface area contributed by atoms with Crippen molar-refractivity contribution < 1.29 is 9.47 Å². The van der Waals surface area contributed by atoms with Gasteiger partial charge in [-0.25, -0.2) is 0 Å². The Morgan fingerprint density at radius 2 is 1.24 bits per heavy atom. The van der Waals surface area contributed by atoms with Gasteiger partial charge in [-0.05, 0) is 0 Å². The Morgan fingerprint density at radius 1 is 0.765 bits per heavy atom. The number of ether oxygens (including phenoxy) is 2. The number of rotatable bonds is 4. The van der Waals surface area contributed by atoms with Crippen LogP contribution in [0.1, 0.15) is 0 Å². The molecule has 0 aliphatic rings. The van der Waals surface area contributed by atoms with Crippen LogP contribution in [0.5, 0.6) is 11.5 Å². The van der Waals surface area contributed by atoms with Crippen LogP contribution >= 0.6 is 0 Å². The summed E-state index contributed by atoms with van der Waals surface area (Å²) in [6.45, 7) is 0. The molecule has 0 aliphatic carbocycles. The van der Waals surface area contributed by atoms with Crippen LogP contribution in [0.2, 0.25) is 0 Å². The van der Waals surface area contributed by atoms with Crippen LogP contribution in [-0.4, -0.2) is 35.1 Å². The van der Waals surface area contributed by atoms with Crippen LogP contribution in [-0.2, 0) is 0 Å². The molecular weight excluding hydrogens is 328 g/mol. The van der Waals surface area contributed by atoms with Crippen LogP contribution in [0.4, 0.5) is 0 Å². The van der Waals surface area contributed by atoms with Gasteiger partial charge in [0.2, 0.25) is 0 Å². The third-order valence-corrected chi connectivity index (χ3v) is 5.11. The van der Waals surface area contributed by atoms with E-state index in [9.17, 15) is 0 Å². The third-order valence-electron chi connectivity index (χ3n) is 2.32. The summed E-state index contributed by atoms with van der Waals surface area (Å²) >= 11 is -0.370. The van der Waals surface area contributed by atoms with Gasteiger partial charge in [0.15, 0.2) is 0 Å². The van der Waals surface area contributed by atoms with Crippen molar-refractivity contribution in [1.82, 2.24) is 0 Å². The van der Waals surface area contributed by atoms with E-state index in [0.717, 1.165) is 11.5 Å². The van der Waals surface area contributed by atoms with Crippen LogP contribution in [0.15, 0.2) is 48.5 Å². The van der Waals surface area contributed by atoms with Gasteiger partial charge in [-0.2, -0.15) is 0 Å². The summed E-state index contributed by atoms with van der Waals surface area (Å²) in [4.78, 5) is 0. The van der Waals surface area contributed by atoms with Crippen LogP contribution in [0, 0.1) is 0 Å². The van der Waals surface area contributed by atoms with E-state index in [-0.39, 0.29) is 20.9 Å². The van der Waals surface area contributed by atoms with Crippen molar-refractivity contribution >= 4 is 28.1 Å². The third kappa shape index (κ3) is 3.39. The summed E-state index contributed by atoms with van der Waals surface area (Å²) in [5, 5.41) is 0.